The van der Waals surface area contributed by atoms with Crippen LogP contribution in [0.4, 0.5) is 15.8 Å². The second-order valence-electron chi connectivity index (χ2n) is 5.79. The summed E-state index contributed by atoms with van der Waals surface area (Å²) >= 11 is 0. The normalized spacial score (nSPS) is 14.6. The molecule has 0 radical (unpaired) electrons. The lowest BCUT2D eigenvalue weighted by Gasteiger charge is -2.10. The summed E-state index contributed by atoms with van der Waals surface area (Å²) in [6.07, 6.45) is 3.61. The Hall–Kier alpha value is -2.69. The van der Waals surface area contributed by atoms with Crippen molar-refractivity contribution in [3.05, 3.63) is 52.3 Å². The van der Waals surface area contributed by atoms with Gasteiger partial charge in [0.05, 0.1) is 16.3 Å². The van der Waals surface area contributed by atoms with Crippen LogP contribution in [0.3, 0.4) is 0 Å². The van der Waals surface area contributed by atoms with E-state index in [1.54, 1.807) is 12.1 Å². The average Bonchev–Trinajstić information content (AvgIpc) is 3.00. The second-order valence-corrected chi connectivity index (χ2v) is 5.79. The molecule has 4 nitrogen and oxygen atoms in total. The van der Waals surface area contributed by atoms with Crippen molar-refractivity contribution in [1.82, 2.24) is 0 Å². The second kappa shape index (κ2) is 5.50. The zero-order valence-electron chi connectivity index (χ0n) is 12.6. The predicted molar refractivity (Wildman–Crippen MR) is 87.1 cm³/mol. The fourth-order valence-electron chi connectivity index (χ4n) is 3.10. The van der Waals surface area contributed by atoms with Crippen LogP contribution < -0.4 is 20.9 Å². The molecule has 2 aliphatic rings. The molecular formula is C18H17FN3O+. The summed E-state index contributed by atoms with van der Waals surface area (Å²) in [4.78, 5) is 7.70. The van der Waals surface area contributed by atoms with Gasteiger partial charge in [0, 0.05) is 18.7 Å². The lowest BCUT2D eigenvalue weighted by atomic mass is 10.1. The minimum atomic E-state index is -0.229. The van der Waals surface area contributed by atoms with Crippen molar-refractivity contribution in [3.63, 3.8) is 0 Å². The molecule has 0 saturated heterocycles. The maximum Gasteiger partial charge on any atom is 0.257 e. The number of rotatable bonds is 4. The Morgan fingerprint density at radius 3 is 2.91 bits per heavy atom. The van der Waals surface area contributed by atoms with Crippen molar-refractivity contribution in [3.8, 4) is 5.75 Å². The van der Waals surface area contributed by atoms with E-state index in [1.165, 1.54) is 17.7 Å². The molecule has 116 valence electrons. The van der Waals surface area contributed by atoms with Crippen LogP contribution in [0.5, 0.6) is 5.75 Å². The summed E-state index contributed by atoms with van der Waals surface area (Å²) in [7, 11) is 0. The monoisotopic (exact) mass is 310 g/mol. The third-order valence-corrected chi connectivity index (χ3v) is 4.30. The summed E-state index contributed by atoms with van der Waals surface area (Å²) in [5.74, 6) is -0.000675. The van der Waals surface area contributed by atoms with Gasteiger partial charge in [-0.3, -0.25) is 4.99 Å². The van der Waals surface area contributed by atoms with Gasteiger partial charge in [-0.05, 0) is 36.6 Å². The molecule has 2 aromatic carbocycles. The number of nitrogens with one attached hydrogen (secondary N) is 2. The van der Waals surface area contributed by atoms with Gasteiger partial charge in [0.2, 0.25) is 5.75 Å². The molecule has 0 aliphatic carbocycles. The Kier molecular flexibility index (Phi) is 3.33. The smallest absolute Gasteiger partial charge is 0.257 e. The molecule has 23 heavy (non-hydrogen) atoms. The third-order valence-electron chi connectivity index (χ3n) is 4.30. The molecule has 0 fully saturated rings. The Balaban J connectivity index is 1.57. The molecule has 0 amide bonds. The molecule has 0 aromatic heterocycles. The van der Waals surface area contributed by atoms with Crippen LogP contribution in [0.1, 0.15) is 12.0 Å². The van der Waals surface area contributed by atoms with E-state index in [4.69, 9.17) is 0 Å². The van der Waals surface area contributed by atoms with Crippen LogP contribution in [0, 0.1) is 5.82 Å². The van der Waals surface area contributed by atoms with Crippen molar-refractivity contribution in [2.75, 3.05) is 18.4 Å². The number of benzene rings is 2. The standard InChI is InChI=1S/C18H16FN3O/c19-13-3-1-11(2-4-13)5-7-21-15-9-14-16-12(6-8-20-14)10-22-17(16)18(15)23/h1-4,9-10,21,23H,5-8H2/p+1. The van der Waals surface area contributed by atoms with E-state index < -0.39 is 0 Å². The first-order valence-electron chi connectivity index (χ1n) is 7.74. The summed E-state index contributed by atoms with van der Waals surface area (Å²) in [5, 5.41) is 15.7. The van der Waals surface area contributed by atoms with E-state index in [2.05, 4.69) is 15.3 Å². The van der Waals surface area contributed by atoms with Crippen LogP contribution >= 0.6 is 0 Å². The molecule has 4 rings (SSSR count). The molecule has 0 bridgehead atoms. The van der Waals surface area contributed by atoms with Gasteiger partial charge in [0.1, 0.15) is 5.82 Å². The molecule has 0 unspecified atom stereocenters. The number of phenols is 1. The van der Waals surface area contributed by atoms with E-state index >= 15 is 0 Å². The Morgan fingerprint density at radius 2 is 2.09 bits per heavy atom. The van der Waals surface area contributed by atoms with Crippen LogP contribution in [-0.2, 0) is 6.42 Å². The van der Waals surface area contributed by atoms with Gasteiger partial charge in [-0.25, -0.2) is 9.38 Å². The van der Waals surface area contributed by atoms with Crippen LogP contribution in [-0.4, -0.2) is 24.4 Å². The molecule has 5 heteroatoms. The minimum Gasteiger partial charge on any atom is -0.501 e. The summed E-state index contributed by atoms with van der Waals surface area (Å²) < 4.78 is 12.9. The van der Waals surface area contributed by atoms with E-state index in [0.717, 1.165) is 41.2 Å². The summed E-state index contributed by atoms with van der Waals surface area (Å²) in [6.45, 7) is 1.43. The van der Waals surface area contributed by atoms with E-state index in [9.17, 15) is 9.50 Å². The highest BCUT2D eigenvalue weighted by Crippen LogP contribution is 2.26. The van der Waals surface area contributed by atoms with Gasteiger partial charge in [0.25, 0.3) is 5.69 Å². The fourth-order valence-corrected chi connectivity index (χ4v) is 3.10. The van der Waals surface area contributed by atoms with Gasteiger partial charge >= 0.3 is 0 Å². The van der Waals surface area contributed by atoms with E-state index in [0.29, 0.717) is 12.2 Å². The molecule has 0 spiro atoms. The maximum atomic E-state index is 12.9. The highest BCUT2D eigenvalue weighted by Gasteiger charge is 2.24. The van der Waals surface area contributed by atoms with Gasteiger partial charge in [-0.1, -0.05) is 12.1 Å². The molecule has 0 saturated carbocycles. The van der Waals surface area contributed by atoms with Crippen molar-refractivity contribution in [1.29, 1.82) is 0 Å². The zero-order chi connectivity index (χ0) is 15.8. The highest BCUT2D eigenvalue weighted by atomic mass is 19.1. The molecule has 2 aliphatic heterocycles. The van der Waals surface area contributed by atoms with E-state index in [-0.39, 0.29) is 11.6 Å². The Morgan fingerprint density at radius 1 is 1.26 bits per heavy atom. The first kappa shape index (κ1) is 13.9. The Bertz CT molecular complexity index is 917. The van der Waals surface area contributed by atoms with Crippen molar-refractivity contribution in [2.45, 2.75) is 12.8 Å². The first-order chi connectivity index (χ1) is 11.2. The summed E-state index contributed by atoms with van der Waals surface area (Å²) in [6, 6.07) is 8.37. The van der Waals surface area contributed by atoms with Crippen molar-refractivity contribution in [2.24, 2.45) is 4.99 Å². The number of halogens is 1. The van der Waals surface area contributed by atoms with Gasteiger partial charge < -0.3 is 10.4 Å². The summed E-state index contributed by atoms with van der Waals surface area (Å²) in [5.41, 5.74) is 3.67. The molecule has 2 aromatic rings. The zero-order valence-corrected chi connectivity index (χ0v) is 12.6. The largest absolute Gasteiger partial charge is 0.501 e. The third kappa shape index (κ3) is 2.48. The fraction of sp³-hybridized carbons (Fsp3) is 0.222. The lowest BCUT2D eigenvalue weighted by molar-refractivity contribution is -0.345. The van der Waals surface area contributed by atoms with Crippen LogP contribution in [0.25, 0.3) is 5.57 Å². The van der Waals surface area contributed by atoms with Gasteiger partial charge in [-0.15, -0.1) is 0 Å². The number of hydrogen-bond acceptors (Lipinski definition) is 3. The van der Waals surface area contributed by atoms with Crippen LogP contribution in [0.15, 0.2) is 35.3 Å². The SMILES string of the molecule is Oc1c(NCCc2ccc(F)cc2)cc2c3c1[NH+]=CC=3CCN=2. The lowest BCUT2D eigenvalue weighted by Crippen LogP contribution is -2.61. The van der Waals surface area contributed by atoms with Crippen LogP contribution in [0.2, 0.25) is 0 Å². The number of nitrogens with zero attached hydrogens (tertiary/aromatic N) is 1. The number of hydrogen-bond donors (Lipinski definition) is 3. The first-order valence-corrected chi connectivity index (χ1v) is 7.74. The molecule has 2 heterocycles. The maximum absolute atomic E-state index is 12.9. The topological polar surface area (TPSA) is 58.6 Å². The van der Waals surface area contributed by atoms with Crippen molar-refractivity contribution < 1.29 is 14.5 Å². The average molecular weight is 310 g/mol. The number of aromatic hydroxyl groups is 1. The van der Waals surface area contributed by atoms with E-state index in [1.807, 2.05) is 12.3 Å². The Labute approximate surface area is 132 Å². The molecule has 0 atom stereocenters. The van der Waals surface area contributed by atoms with Crippen molar-refractivity contribution >= 4 is 23.2 Å². The quantitative estimate of drug-likeness (QED) is 0.705. The number of phenolic OH excluding ortho intramolecular Hbond substituents is 1. The molecular weight excluding hydrogens is 293 g/mol. The van der Waals surface area contributed by atoms with Gasteiger partial charge in [0.15, 0.2) is 6.21 Å². The minimum absolute atomic E-state index is 0.228. The number of anilines is 1. The predicted octanol–water partition coefficient (Wildman–Crippen LogP) is 0.156. The highest BCUT2D eigenvalue weighted by molar-refractivity contribution is 6.02. The van der Waals surface area contributed by atoms with Gasteiger partial charge in [-0.2, -0.15) is 0 Å². The molecule has 3 N–H and O–H groups in total.